The molecule has 104 valence electrons. The van der Waals surface area contributed by atoms with Gasteiger partial charge in [-0.1, -0.05) is 23.2 Å². The minimum atomic E-state index is -1.25. The Labute approximate surface area is 128 Å². The Bertz CT molecular complexity index is 697. The number of carboxylic acid groups (broad SMARTS) is 1. The van der Waals surface area contributed by atoms with Crippen LogP contribution in [0, 0.1) is 6.92 Å². The standard InChI is InChI=1S/C13H9Cl2NO3S/c1-6-4-5-20-11(6)12(17)16-10-8(15)3-2-7(14)9(10)13(18)19/h2-5H,1H3,(H,16,17)(H,18,19). The lowest BCUT2D eigenvalue weighted by molar-refractivity contribution is 0.0698. The number of halogens is 2. The van der Waals surface area contributed by atoms with E-state index in [1.807, 2.05) is 0 Å². The Kier molecular flexibility index (Phi) is 4.32. The first-order valence-corrected chi connectivity index (χ1v) is 7.12. The van der Waals surface area contributed by atoms with Gasteiger partial charge < -0.3 is 10.4 Å². The Balaban J connectivity index is 2.44. The van der Waals surface area contributed by atoms with Gasteiger partial charge in [-0.25, -0.2) is 4.79 Å². The van der Waals surface area contributed by atoms with Crippen LogP contribution in [0.3, 0.4) is 0 Å². The van der Waals surface area contributed by atoms with Crippen LogP contribution < -0.4 is 5.32 Å². The van der Waals surface area contributed by atoms with Gasteiger partial charge in [0.25, 0.3) is 5.91 Å². The average molecular weight is 330 g/mol. The van der Waals surface area contributed by atoms with Crippen molar-refractivity contribution >= 4 is 52.1 Å². The second kappa shape index (κ2) is 5.83. The smallest absolute Gasteiger partial charge is 0.339 e. The molecule has 7 heteroatoms. The van der Waals surface area contributed by atoms with Crippen molar-refractivity contribution in [3.8, 4) is 0 Å². The largest absolute Gasteiger partial charge is 0.478 e. The van der Waals surface area contributed by atoms with Gasteiger partial charge in [0.05, 0.1) is 20.6 Å². The van der Waals surface area contributed by atoms with Gasteiger partial charge in [-0.05, 0) is 36.1 Å². The van der Waals surface area contributed by atoms with Gasteiger partial charge in [-0.15, -0.1) is 11.3 Å². The first-order chi connectivity index (χ1) is 9.41. The molecule has 0 spiro atoms. The van der Waals surface area contributed by atoms with Crippen molar-refractivity contribution in [2.75, 3.05) is 5.32 Å². The normalized spacial score (nSPS) is 10.3. The van der Waals surface area contributed by atoms with Crippen molar-refractivity contribution in [3.63, 3.8) is 0 Å². The molecule has 0 fully saturated rings. The number of hydrogen-bond acceptors (Lipinski definition) is 3. The molecule has 0 radical (unpaired) electrons. The molecule has 0 aliphatic carbocycles. The summed E-state index contributed by atoms with van der Waals surface area (Å²) in [6.45, 7) is 1.79. The van der Waals surface area contributed by atoms with E-state index in [9.17, 15) is 14.7 Å². The van der Waals surface area contributed by atoms with Crippen molar-refractivity contribution in [2.45, 2.75) is 6.92 Å². The number of hydrogen-bond donors (Lipinski definition) is 2. The molecule has 20 heavy (non-hydrogen) atoms. The highest BCUT2D eigenvalue weighted by atomic mass is 35.5. The van der Waals surface area contributed by atoms with E-state index >= 15 is 0 Å². The number of carboxylic acids is 1. The molecule has 0 unspecified atom stereocenters. The molecule has 1 aromatic carbocycles. The van der Waals surface area contributed by atoms with Crippen molar-refractivity contribution in [1.82, 2.24) is 0 Å². The fraction of sp³-hybridized carbons (Fsp3) is 0.0769. The Morgan fingerprint density at radius 3 is 2.40 bits per heavy atom. The van der Waals surface area contributed by atoms with E-state index in [0.29, 0.717) is 4.88 Å². The molecule has 0 saturated heterocycles. The van der Waals surface area contributed by atoms with Gasteiger partial charge in [0, 0.05) is 0 Å². The maximum Gasteiger partial charge on any atom is 0.339 e. The van der Waals surface area contributed by atoms with Crippen LogP contribution in [0.15, 0.2) is 23.6 Å². The number of carbonyl (C=O) groups excluding carboxylic acids is 1. The number of anilines is 1. The highest BCUT2D eigenvalue weighted by Gasteiger charge is 2.21. The van der Waals surface area contributed by atoms with Crippen molar-refractivity contribution < 1.29 is 14.7 Å². The second-order valence-electron chi connectivity index (χ2n) is 3.97. The van der Waals surface area contributed by atoms with Crippen LogP contribution in [0.2, 0.25) is 10.0 Å². The van der Waals surface area contributed by atoms with E-state index in [4.69, 9.17) is 23.2 Å². The van der Waals surface area contributed by atoms with E-state index in [2.05, 4.69) is 5.32 Å². The highest BCUT2D eigenvalue weighted by Crippen LogP contribution is 2.32. The quantitative estimate of drug-likeness (QED) is 0.881. The Hall–Kier alpha value is -1.56. The Morgan fingerprint density at radius 2 is 1.85 bits per heavy atom. The summed E-state index contributed by atoms with van der Waals surface area (Å²) in [5.41, 5.74) is 0.591. The number of aromatic carboxylic acids is 1. The zero-order valence-electron chi connectivity index (χ0n) is 10.2. The summed E-state index contributed by atoms with van der Waals surface area (Å²) in [5.74, 6) is -1.67. The van der Waals surface area contributed by atoms with Crippen LogP contribution in [0.4, 0.5) is 5.69 Å². The van der Waals surface area contributed by atoms with E-state index < -0.39 is 11.9 Å². The van der Waals surface area contributed by atoms with Gasteiger partial charge in [-0.3, -0.25) is 4.79 Å². The van der Waals surface area contributed by atoms with E-state index in [1.165, 1.54) is 23.5 Å². The van der Waals surface area contributed by atoms with Crippen LogP contribution in [0.25, 0.3) is 0 Å². The summed E-state index contributed by atoms with van der Waals surface area (Å²) in [6.07, 6.45) is 0. The molecule has 2 N–H and O–H groups in total. The third kappa shape index (κ3) is 2.80. The molecule has 1 aromatic heterocycles. The summed E-state index contributed by atoms with van der Waals surface area (Å²) in [6, 6.07) is 4.61. The van der Waals surface area contributed by atoms with Crippen LogP contribution >= 0.6 is 34.5 Å². The molecular weight excluding hydrogens is 321 g/mol. The lowest BCUT2D eigenvalue weighted by Crippen LogP contribution is -2.15. The molecule has 0 saturated carbocycles. The molecule has 0 bridgehead atoms. The van der Waals surface area contributed by atoms with Gasteiger partial charge in [-0.2, -0.15) is 0 Å². The molecular formula is C13H9Cl2NO3S. The fourth-order valence-electron chi connectivity index (χ4n) is 1.66. The second-order valence-corrected chi connectivity index (χ2v) is 5.70. The summed E-state index contributed by atoms with van der Waals surface area (Å²) in [4.78, 5) is 23.9. The van der Waals surface area contributed by atoms with Gasteiger partial charge >= 0.3 is 5.97 Å². The molecule has 0 atom stereocenters. The molecule has 1 heterocycles. The van der Waals surface area contributed by atoms with Crippen molar-refractivity contribution in [1.29, 1.82) is 0 Å². The van der Waals surface area contributed by atoms with E-state index in [1.54, 1.807) is 18.4 Å². The zero-order chi connectivity index (χ0) is 14.9. The number of carbonyl (C=O) groups is 2. The Morgan fingerprint density at radius 1 is 1.20 bits per heavy atom. The highest BCUT2D eigenvalue weighted by molar-refractivity contribution is 7.12. The molecule has 1 amide bonds. The van der Waals surface area contributed by atoms with E-state index in [0.717, 1.165) is 5.56 Å². The first-order valence-electron chi connectivity index (χ1n) is 5.48. The van der Waals surface area contributed by atoms with E-state index in [-0.39, 0.29) is 21.3 Å². The lowest BCUT2D eigenvalue weighted by atomic mass is 10.1. The van der Waals surface area contributed by atoms with Gasteiger partial charge in [0.15, 0.2) is 0 Å². The molecule has 2 aromatic rings. The fourth-order valence-corrected chi connectivity index (χ4v) is 2.92. The predicted octanol–water partition coefficient (Wildman–Crippen LogP) is 4.31. The molecule has 0 aliphatic rings. The number of nitrogens with one attached hydrogen (secondary N) is 1. The van der Waals surface area contributed by atoms with Gasteiger partial charge in [0.2, 0.25) is 0 Å². The van der Waals surface area contributed by atoms with Crippen LogP contribution in [-0.4, -0.2) is 17.0 Å². The zero-order valence-corrected chi connectivity index (χ0v) is 12.6. The average Bonchev–Trinajstić information content (AvgIpc) is 2.79. The molecule has 2 rings (SSSR count). The molecule has 4 nitrogen and oxygen atoms in total. The van der Waals surface area contributed by atoms with Crippen LogP contribution in [0.5, 0.6) is 0 Å². The van der Waals surface area contributed by atoms with Crippen LogP contribution in [0.1, 0.15) is 25.6 Å². The number of thiophene rings is 1. The minimum absolute atomic E-state index is 0.00414. The maximum absolute atomic E-state index is 12.1. The lowest BCUT2D eigenvalue weighted by Gasteiger charge is -2.11. The van der Waals surface area contributed by atoms with Crippen molar-refractivity contribution in [2.24, 2.45) is 0 Å². The topological polar surface area (TPSA) is 66.4 Å². The summed E-state index contributed by atoms with van der Waals surface area (Å²) < 4.78 is 0. The summed E-state index contributed by atoms with van der Waals surface area (Å²) in [7, 11) is 0. The number of rotatable bonds is 3. The summed E-state index contributed by atoms with van der Waals surface area (Å²) >= 11 is 13.1. The number of benzene rings is 1. The number of amides is 1. The maximum atomic E-state index is 12.1. The third-order valence-corrected chi connectivity index (χ3v) is 4.27. The predicted molar refractivity (Wildman–Crippen MR) is 80.4 cm³/mol. The number of aryl methyl sites for hydroxylation is 1. The third-order valence-electron chi connectivity index (χ3n) is 2.62. The van der Waals surface area contributed by atoms with Crippen molar-refractivity contribution in [3.05, 3.63) is 49.6 Å². The summed E-state index contributed by atoms with van der Waals surface area (Å²) in [5, 5.41) is 13.6. The van der Waals surface area contributed by atoms with Gasteiger partial charge in [0.1, 0.15) is 5.56 Å². The first kappa shape index (κ1) is 14.8. The molecule has 0 aliphatic heterocycles. The SMILES string of the molecule is Cc1ccsc1C(=O)Nc1c(Cl)ccc(Cl)c1C(=O)O. The minimum Gasteiger partial charge on any atom is -0.478 e. The van der Waals surface area contributed by atoms with Crippen LogP contribution in [-0.2, 0) is 0 Å². The monoisotopic (exact) mass is 329 g/mol.